The molecule has 0 radical (unpaired) electrons. The lowest BCUT2D eigenvalue weighted by atomic mass is 9.96. The molecule has 3 rings (SSSR count). The molecular weight excluding hydrogens is 345 g/mol. The van der Waals surface area contributed by atoms with Gasteiger partial charge in [-0.15, -0.1) is 0 Å². The van der Waals surface area contributed by atoms with E-state index in [2.05, 4.69) is 20.3 Å². The highest BCUT2D eigenvalue weighted by atomic mass is 19.4. The maximum atomic E-state index is 13.1. The van der Waals surface area contributed by atoms with Gasteiger partial charge in [0.1, 0.15) is 0 Å². The topological polar surface area (TPSA) is 80.0 Å². The normalized spacial score (nSPS) is 19.9. The number of nitrogen functional groups attached to an aromatic ring is 1. The van der Waals surface area contributed by atoms with Crippen LogP contribution in [0.3, 0.4) is 0 Å². The van der Waals surface area contributed by atoms with Gasteiger partial charge < -0.3 is 11.1 Å². The average molecular weight is 366 g/mol. The number of alkyl halides is 3. The van der Waals surface area contributed by atoms with E-state index in [4.69, 9.17) is 5.73 Å². The van der Waals surface area contributed by atoms with Crippen molar-refractivity contribution in [2.45, 2.75) is 32.0 Å². The van der Waals surface area contributed by atoms with Gasteiger partial charge in [0.05, 0.1) is 12.0 Å². The molecule has 0 unspecified atom stereocenters. The molecule has 2 atom stereocenters. The predicted molar refractivity (Wildman–Crippen MR) is 92.7 cm³/mol. The maximum absolute atomic E-state index is 13.1. The molecule has 1 fully saturated rings. The lowest BCUT2D eigenvalue weighted by molar-refractivity contribution is -0.188. The first-order valence-corrected chi connectivity index (χ1v) is 8.47. The van der Waals surface area contributed by atoms with E-state index < -0.39 is 12.1 Å². The first-order valence-electron chi connectivity index (χ1n) is 8.47. The molecule has 0 bridgehead atoms. The summed E-state index contributed by atoms with van der Waals surface area (Å²) in [5.74, 6) is -0.654. The van der Waals surface area contributed by atoms with Crippen molar-refractivity contribution in [1.82, 2.24) is 19.9 Å². The second kappa shape index (κ2) is 7.45. The minimum atomic E-state index is -4.18. The zero-order valence-electron chi connectivity index (χ0n) is 14.4. The lowest BCUT2D eigenvalue weighted by Gasteiger charge is -2.36. The van der Waals surface area contributed by atoms with Gasteiger partial charge in [0.25, 0.3) is 0 Å². The second-order valence-corrected chi connectivity index (χ2v) is 6.42. The Morgan fingerprint density at radius 1 is 1.19 bits per heavy atom. The zero-order valence-corrected chi connectivity index (χ0v) is 14.4. The highest BCUT2D eigenvalue weighted by Crippen LogP contribution is 2.35. The number of piperidine rings is 1. The zero-order chi connectivity index (χ0) is 18.7. The Labute approximate surface area is 149 Å². The largest absolute Gasteiger partial charge is 0.393 e. The van der Waals surface area contributed by atoms with Crippen LogP contribution in [-0.4, -0.2) is 39.1 Å². The van der Waals surface area contributed by atoms with Gasteiger partial charge in [-0.3, -0.25) is 4.90 Å². The van der Waals surface area contributed by atoms with Crippen molar-refractivity contribution in [3.8, 4) is 0 Å². The van der Waals surface area contributed by atoms with Crippen LogP contribution in [-0.2, 0) is 0 Å². The third kappa shape index (κ3) is 4.40. The molecule has 1 aliphatic rings. The fourth-order valence-electron chi connectivity index (χ4n) is 3.09. The summed E-state index contributed by atoms with van der Waals surface area (Å²) < 4.78 is 39.2. The van der Waals surface area contributed by atoms with E-state index in [1.165, 1.54) is 0 Å². The monoisotopic (exact) mass is 366 g/mol. The van der Waals surface area contributed by atoms with Crippen LogP contribution in [0.4, 0.5) is 30.8 Å². The molecule has 3 N–H and O–H groups in total. The standard InChI is InChI=1S/C17H21F3N6/c1-11(26-9-5-6-12(10-26)17(18,19)20)14-23-15(21)25-16(24-14)22-13-7-3-2-4-8-13/h2-4,7-8,11-12H,5-6,9-10H2,1H3,(H3,21,22,23,24,25)/t11-,12-/m1/s1. The highest BCUT2D eigenvalue weighted by molar-refractivity contribution is 5.53. The van der Waals surface area contributed by atoms with E-state index in [1.807, 2.05) is 30.3 Å². The molecule has 0 spiro atoms. The number of benzene rings is 1. The van der Waals surface area contributed by atoms with Gasteiger partial charge in [0, 0.05) is 12.2 Å². The first-order chi connectivity index (χ1) is 12.3. The van der Waals surface area contributed by atoms with E-state index in [0.717, 1.165) is 5.69 Å². The van der Waals surface area contributed by atoms with Crippen LogP contribution in [0.1, 0.15) is 31.6 Å². The maximum Gasteiger partial charge on any atom is 0.393 e. The Bertz CT molecular complexity index is 737. The van der Waals surface area contributed by atoms with Gasteiger partial charge in [0.2, 0.25) is 11.9 Å². The summed E-state index contributed by atoms with van der Waals surface area (Å²) in [6.45, 7) is 2.30. The van der Waals surface area contributed by atoms with Crippen molar-refractivity contribution in [2.24, 2.45) is 5.92 Å². The first kappa shape index (κ1) is 18.4. The van der Waals surface area contributed by atoms with Crippen LogP contribution in [0.25, 0.3) is 0 Å². The number of aromatic nitrogens is 3. The molecule has 2 heterocycles. The van der Waals surface area contributed by atoms with Crippen molar-refractivity contribution < 1.29 is 13.2 Å². The number of likely N-dealkylation sites (tertiary alicyclic amines) is 1. The number of hydrogen-bond acceptors (Lipinski definition) is 6. The molecule has 1 aliphatic heterocycles. The molecule has 0 saturated carbocycles. The van der Waals surface area contributed by atoms with E-state index in [0.29, 0.717) is 18.8 Å². The summed E-state index contributed by atoms with van der Waals surface area (Å²) in [6, 6.07) is 8.92. The smallest absolute Gasteiger partial charge is 0.368 e. The quantitative estimate of drug-likeness (QED) is 0.862. The van der Waals surface area contributed by atoms with E-state index in [1.54, 1.807) is 11.8 Å². The Morgan fingerprint density at radius 3 is 2.62 bits per heavy atom. The molecule has 6 nitrogen and oxygen atoms in total. The van der Waals surface area contributed by atoms with Crippen molar-refractivity contribution in [2.75, 3.05) is 24.1 Å². The molecule has 9 heteroatoms. The number of nitrogens with zero attached hydrogens (tertiary/aromatic N) is 4. The van der Waals surface area contributed by atoms with Gasteiger partial charge in [-0.1, -0.05) is 18.2 Å². The van der Waals surface area contributed by atoms with Crippen LogP contribution in [0.15, 0.2) is 30.3 Å². The molecule has 1 aromatic carbocycles. The molecule has 26 heavy (non-hydrogen) atoms. The van der Waals surface area contributed by atoms with E-state index in [9.17, 15) is 13.2 Å². The number of hydrogen-bond donors (Lipinski definition) is 2. The summed E-state index contributed by atoms with van der Waals surface area (Å²) in [5.41, 5.74) is 6.56. The minimum absolute atomic E-state index is 0.0321. The third-order valence-electron chi connectivity index (χ3n) is 4.54. The van der Waals surface area contributed by atoms with Crippen LogP contribution < -0.4 is 11.1 Å². The Kier molecular flexibility index (Phi) is 5.26. The van der Waals surface area contributed by atoms with E-state index in [-0.39, 0.29) is 30.9 Å². The molecule has 1 saturated heterocycles. The number of halogens is 3. The Balaban J connectivity index is 1.77. The van der Waals surface area contributed by atoms with Crippen LogP contribution >= 0.6 is 0 Å². The molecule has 0 aliphatic carbocycles. The van der Waals surface area contributed by atoms with Crippen LogP contribution in [0, 0.1) is 5.92 Å². The Morgan fingerprint density at radius 2 is 1.92 bits per heavy atom. The molecule has 2 aromatic rings. The van der Waals surface area contributed by atoms with Crippen molar-refractivity contribution in [3.63, 3.8) is 0 Å². The third-order valence-corrected chi connectivity index (χ3v) is 4.54. The Hall–Kier alpha value is -2.42. The van der Waals surface area contributed by atoms with Gasteiger partial charge in [-0.25, -0.2) is 0 Å². The minimum Gasteiger partial charge on any atom is -0.368 e. The molecule has 1 aromatic heterocycles. The number of rotatable bonds is 4. The summed E-state index contributed by atoms with van der Waals surface area (Å²) >= 11 is 0. The summed E-state index contributed by atoms with van der Waals surface area (Å²) in [6.07, 6.45) is -3.53. The number of anilines is 3. The predicted octanol–water partition coefficient (Wildman–Crippen LogP) is 3.53. The van der Waals surface area contributed by atoms with Crippen molar-refractivity contribution in [1.29, 1.82) is 0 Å². The average Bonchev–Trinajstić information content (AvgIpc) is 2.61. The van der Waals surface area contributed by atoms with Crippen LogP contribution in [0.5, 0.6) is 0 Å². The molecule has 140 valence electrons. The van der Waals surface area contributed by atoms with Crippen LogP contribution in [0.2, 0.25) is 0 Å². The SMILES string of the molecule is C[C@H](c1nc(N)nc(Nc2ccccc2)n1)N1CCC[C@@H](C(F)(F)F)C1. The van der Waals surface area contributed by atoms with Gasteiger partial charge in [-0.2, -0.15) is 28.1 Å². The number of para-hydroxylation sites is 1. The van der Waals surface area contributed by atoms with Gasteiger partial charge >= 0.3 is 6.18 Å². The van der Waals surface area contributed by atoms with E-state index >= 15 is 0 Å². The van der Waals surface area contributed by atoms with Gasteiger partial charge in [0.15, 0.2) is 5.82 Å². The fraction of sp³-hybridized carbons (Fsp3) is 0.471. The number of nitrogens with two attached hydrogens (primary N) is 1. The number of nitrogens with one attached hydrogen (secondary N) is 1. The van der Waals surface area contributed by atoms with Crippen molar-refractivity contribution >= 4 is 17.6 Å². The summed E-state index contributed by atoms with van der Waals surface area (Å²) in [5, 5.41) is 3.04. The van der Waals surface area contributed by atoms with Crippen molar-refractivity contribution in [3.05, 3.63) is 36.2 Å². The fourth-order valence-corrected chi connectivity index (χ4v) is 3.09. The second-order valence-electron chi connectivity index (χ2n) is 6.42. The summed E-state index contributed by atoms with van der Waals surface area (Å²) in [7, 11) is 0. The molecular formula is C17H21F3N6. The summed E-state index contributed by atoms with van der Waals surface area (Å²) in [4.78, 5) is 14.3. The molecule has 0 amide bonds. The highest BCUT2D eigenvalue weighted by Gasteiger charge is 2.42. The lowest BCUT2D eigenvalue weighted by Crippen LogP contribution is -2.43. The van der Waals surface area contributed by atoms with Gasteiger partial charge in [-0.05, 0) is 38.4 Å².